The van der Waals surface area contributed by atoms with Crippen LogP contribution in [-0.2, 0) is 6.54 Å². The molecule has 0 fully saturated rings. The summed E-state index contributed by atoms with van der Waals surface area (Å²) in [6.07, 6.45) is 1.98. The van der Waals surface area contributed by atoms with Gasteiger partial charge in [0.1, 0.15) is 0 Å². The van der Waals surface area contributed by atoms with Gasteiger partial charge in [0.15, 0.2) is 0 Å². The molecule has 0 bridgehead atoms. The van der Waals surface area contributed by atoms with Crippen LogP contribution in [0.25, 0.3) is 10.9 Å². The fourth-order valence-corrected chi connectivity index (χ4v) is 2.34. The first-order valence-electron chi connectivity index (χ1n) is 6.26. The van der Waals surface area contributed by atoms with E-state index in [2.05, 4.69) is 16.4 Å². The molecule has 3 rings (SSSR count). The molecule has 2 N–H and O–H groups in total. The maximum absolute atomic E-state index is 8.76. The van der Waals surface area contributed by atoms with E-state index in [-0.39, 0.29) is 0 Å². The van der Waals surface area contributed by atoms with Crippen molar-refractivity contribution in [2.24, 2.45) is 0 Å². The smallest absolute Gasteiger partial charge is 0.0991 e. The molecule has 0 unspecified atom stereocenters. The second kappa shape index (κ2) is 5.28. The third kappa shape index (κ3) is 2.47. The summed E-state index contributed by atoms with van der Waals surface area (Å²) in [5, 5.41) is 14.0. The molecule has 0 aliphatic rings. The zero-order chi connectivity index (χ0) is 13.9. The number of nitriles is 1. The van der Waals surface area contributed by atoms with Crippen LogP contribution in [0.2, 0.25) is 5.02 Å². The van der Waals surface area contributed by atoms with Gasteiger partial charge in [-0.05, 0) is 42.0 Å². The van der Waals surface area contributed by atoms with Crippen LogP contribution in [0.3, 0.4) is 0 Å². The normalized spacial score (nSPS) is 10.4. The number of benzene rings is 2. The van der Waals surface area contributed by atoms with Crippen LogP contribution in [0.4, 0.5) is 5.69 Å². The van der Waals surface area contributed by atoms with Crippen molar-refractivity contribution in [2.75, 3.05) is 5.32 Å². The number of H-pyrrole nitrogens is 1. The quantitative estimate of drug-likeness (QED) is 0.752. The summed E-state index contributed by atoms with van der Waals surface area (Å²) >= 11 is 5.97. The van der Waals surface area contributed by atoms with E-state index in [1.807, 2.05) is 36.5 Å². The van der Waals surface area contributed by atoms with Crippen LogP contribution in [0.15, 0.2) is 48.7 Å². The number of halogens is 1. The van der Waals surface area contributed by atoms with Gasteiger partial charge in [-0.3, -0.25) is 0 Å². The number of hydrogen-bond acceptors (Lipinski definition) is 2. The Kier molecular flexibility index (Phi) is 3.32. The Hall–Kier alpha value is -2.44. The predicted octanol–water partition coefficient (Wildman–Crippen LogP) is 4.31. The van der Waals surface area contributed by atoms with Crippen molar-refractivity contribution in [2.45, 2.75) is 6.54 Å². The molecule has 20 heavy (non-hydrogen) atoms. The summed E-state index contributed by atoms with van der Waals surface area (Å²) < 4.78 is 0. The first kappa shape index (κ1) is 12.6. The second-order valence-electron chi connectivity index (χ2n) is 4.55. The van der Waals surface area contributed by atoms with Crippen LogP contribution in [0.1, 0.15) is 11.1 Å². The average molecular weight is 282 g/mol. The van der Waals surface area contributed by atoms with Gasteiger partial charge >= 0.3 is 0 Å². The van der Waals surface area contributed by atoms with Crippen molar-refractivity contribution in [3.63, 3.8) is 0 Å². The van der Waals surface area contributed by atoms with Crippen molar-refractivity contribution in [3.05, 3.63) is 64.8 Å². The number of hydrogen-bond donors (Lipinski definition) is 2. The zero-order valence-corrected chi connectivity index (χ0v) is 11.4. The highest BCUT2D eigenvalue weighted by Crippen LogP contribution is 2.22. The summed E-state index contributed by atoms with van der Waals surface area (Å²) in [7, 11) is 0. The monoisotopic (exact) mass is 281 g/mol. The van der Waals surface area contributed by atoms with Crippen molar-refractivity contribution in [1.82, 2.24) is 4.98 Å². The molecule has 0 saturated carbocycles. The van der Waals surface area contributed by atoms with Crippen molar-refractivity contribution < 1.29 is 0 Å². The third-order valence-corrected chi connectivity index (χ3v) is 3.46. The predicted molar refractivity (Wildman–Crippen MR) is 81.8 cm³/mol. The number of anilines is 1. The first-order valence-corrected chi connectivity index (χ1v) is 6.63. The molecule has 0 radical (unpaired) electrons. The van der Waals surface area contributed by atoms with Gasteiger partial charge in [0, 0.05) is 34.4 Å². The van der Waals surface area contributed by atoms with E-state index < -0.39 is 0 Å². The van der Waals surface area contributed by atoms with E-state index in [4.69, 9.17) is 16.9 Å². The van der Waals surface area contributed by atoms with Gasteiger partial charge in [-0.1, -0.05) is 17.7 Å². The van der Waals surface area contributed by atoms with Crippen LogP contribution >= 0.6 is 11.6 Å². The highest BCUT2D eigenvalue weighted by molar-refractivity contribution is 6.31. The molecule has 4 heteroatoms. The van der Waals surface area contributed by atoms with Gasteiger partial charge < -0.3 is 10.3 Å². The molecule has 0 aliphatic carbocycles. The SMILES string of the molecule is N#Cc1ccc(NCc2c[nH]c3cc(Cl)ccc23)cc1. The minimum Gasteiger partial charge on any atom is -0.381 e. The minimum absolute atomic E-state index is 0.664. The Balaban J connectivity index is 1.78. The number of fused-ring (bicyclic) bond motifs is 1. The molecule has 0 spiro atoms. The molecular formula is C16H12ClN3. The third-order valence-electron chi connectivity index (χ3n) is 3.23. The lowest BCUT2D eigenvalue weighted by Gasteiger charge is -2.05. The number of nitrogens with zero attached hydrogens (tertiary/aromatic N) is 1. The van der Waals surface area contributed by atoms with Crippen LogP contribution in [0, 0.1) is 11.3 Å². The van der Waals surface area contributed by atoms with Gasteiger partial charge in [-0.25, -0.2) is 0 Å². The Morgan fingerprint density at radius 1 is 1.15 bits per heavy atom. The van der Waals surface area contributed by atoms with E-state index >= 15 is 0 Å². The number of nitrogens with one attached hydrogen (secondary N) is 2. The first-order chi connectivity index (χ1) is 9.76. The van der Waals surface area contributed by atoms with Crippen LogP contribution < -0.4 is 5.32 Å². The van der Waals surface area contributed by atoms with Gasteiger partial charge in [0.2, 0.25) is 0 Å². The van der Waals surface area contributed by atoms with E-state index in [0.29, 0.717) is 12.1 Å². The van der Waals surface area contributed by atoms with E-state index in [1.165, 1.54) is 5.56 Å². The fraction of sp³-hybridized carbons (Fsp3) is 0.0625. The highest BCUT2D eigenvalue weighted by atomic mass is 35.5. The molecule has 0 aliphatic heterocycles. The van der Waals surface area contributed by atoms with Crippen LogP contribution in [0.5, 0.6) is 0 Å². The second-order valence-corrected chi connectivity index (χ2v) is 4.98. The molecular weight excluding hydrogens is 270 g/mol. The van der Waals surface area contributed by atoms with Gasteiger partial charge in [0.25, 0.3) is 0 Å². The number of aromatic amines is 1. The van der Waals surface area contributed by atoms with Crippen molar-refractivity contribution in [1.29, 1.82) is 5.26 Å². The topological polar surface area (TPSA) is 51.6 Å². The summed E-state index contributed by atoms with van der Waals surface area (Å²) in [5.41, 5.74) is 3.87. The van der Waals surface area contributed by atoms with E-state index in [1.54, 1.807) is 12.1 Å². The lowest BCUT2D eigenvalue weighted by molar-refractivity contribution is 1.16. The fourth-order valence-electron chi connectivity index (χ4n) is 2.16. The Morgan fingerprint density at radius 3 is 2.70 bits per heavy atom. The molecule has 98 valence electrons. The molecule has 3 nitrogen and oxygen atoms in total. The number of aromatic nitrogens is 1. The van der Waals surface area contributed by atoms with E-state index in [0.717, 1.165) is 21.6 Å². The van der Waals surface area contributed by atoms with Crippen molar-refractivity contribution >= 4 is 28.2 Å². The lowest BCUT2D eigenvalue weighted by atomic mass is 10.1. The van der Waals surface area contributed by atoms with E-state index in [9.17, 15) is 0 Å². The van der Waals surface area contributed by atoms with Gasteiger partial charge in [0.05, 0.1) is 11.6 Å². The molecule has 0 atom stereocenters. The largest absolute Gasteiger partial charge is 0.381 e. The molecule has 1 heterocycles. The van der Waals surface area contributed by atoms with Crippen LogP contribution in [-0.4, -0.2) is 4.98 Å². The summed E-state index contributed by atoms with van der Waals surface area (Å²) in [4.78, 5) is 3.22. The molecule has 1 aromatic heterocycles. The lowest BCUT2D eigenvalue weighted by Crippen LogP contribution is -1.98. The maximum Gasteiger partial charge on any atom is 0.0991 e. The molecule has 3 aromatic rings. The molecule has 2 aromatic carbocycles. The summed E-state index contributed by atoms with van der Waals surface area (Å²) in [5.74, 6) is 0. The van der Waals surface area contributed by atoms with Gasteiger partial charge in [-0.2, -0.15) is 5.26 Å². The molecule has 0 saturated heterocycles. The minimum atomic E-state index is 0.664. The summed E-state index contributed by atoms with van der Waals surface area (Å²) in [6.45, 7) is 0.716. The van der Waals surface area contributed by atoms with Gasteiger partial charge in [-0.15, -0.1) is 0 Å². The zero-order valence-electron chi connectivity index (χ0n) is 10.7. The molecule has 0 amide bonds. The van der Waals surface area contributed by atoms with Crippen molar-refractivity contribution in [3.8, 4) is 6.07 Å². The highest BCUT2D eigenvalue weighted by Gasteiger charge is 2.04. The number of rotatable bonds is 3. The summed E-state index contributed by atoms with van der Waals surface area (Å²) in [6, 6.07) is 15.4. The Morgan fingerprint density at radius 2 is 1.95 bits per heavy atom. The average Bonchev–Trinajstić information content (AvgIpc) is 2.88. The standard InChI is InChI=1S/C16H12ClN3/c17-13-3-6-15-12(10-20-16(15)7-13)9-19-14-4-1-11(8-18)2-5-14/h1-7,10,19-20H,9H2. The Labute approximate surface area is 121 Å². The Bertz CT molecular complexity index is 782. The maximum atomic E-state index is 8.76.